The van der Waals surface area contributed by atoms with Gasteiger partial charge in [0, 0.05) is 12.5 Å². The van der Waals surface area contributed by atoms with Crippen molar-refractivity contribution in [2.24, 2.45) is 5.92 Å². The Hall–Kier alpha value is -3.32. The molecule has 3 aromatic rings. The Morgan fingerprint density at radius 3 is 2.43 bits per heavy atom. The molecule has 4 rings (SSSR count). The van der Waals surface area contributed by atoms with Crippen LogP contribution in [0.2, 0.25) is 0 Å². The number of para-hydroxylation sites is 2. The molecule has 6 nitrogen and oxygen atoms in total. The Morgan fingerprint density at radius 2 is 1.73 bits per heavy atom. The van der Waals surface area contributed by atoms with Crippen LogP contribution in [0.1, 0.15) is 28.1 Å². The molecule has 1 aliphatic rings. The summed E-state index contributed by atoms with van der Waals surface area (Å²) in [5.41, 5.74) is 0.953. The molecule has 30 heavy (non-hydrogen) atoms. The summed E-state index contributed by atoms with van der Waals surface area (Å²) in [6, 6.07) is 18.5. The van der Waals surface area contributed by atoms with Crippen LogP contribution in [0.15, 0.2) is 60.7 Å². The molecule has 0 bridgehead atoms. The minimum absolute atomic E-state index is 0.0410. The number of thiophene rings is 1. The number of nitrogens with one attached hydrogen (secondary N) is 2. The number of carbonyl (C=O) groups is 2. The van der Waals surface area contributed by atoms with Crippen molar-refractivity contribution in [1.29, 1.82) is 0 Å². The van der Waals surface area contributed by atoms with Gasteiger partial charge in [0.15, 0.2) is 11.5 Å². The Balaban J connectivity index is 1.30. The molecular weight excluding hydrogens is 400 g/mol. The zero-order chi connectivity index (χ0) is 20.9. The first-order chi connectivity index (χ1) is 14.6. The largest absolute Gasteiger partial charge is 0.493 e. The van der Waals surface area contributed by atoms with Crippen molar-refractivity contribution in [2.45, 2.75) is 19.4 Å². The number of amides is 2. The molecule has 1 heterocycles. The first-order valence-electron chi connectivity index (χ1n) is 9.71. The van der Waals surface area contributed by atoms with Crippen LogP contribution in [0.3, 0.4) is 0 Å². The summed E-state index contributed by atoms with van der Waals surface area (Å²) < 4.78 is 11.2. The van der Waals surface area contributed by atoms with Crippen LogP contribution in [-0.2, 0) is 11.3 Å². The standard InChI is InChI=1S/C23H22N2O4S/c1-28-18-4-2-3-5-19(18)29-17-10-6-15(7-11-17)14-24-23(27)20-12-13-21(30-20)25-22(26)16-8-9-16/h2-7,10-13,16H,8-9,14H2,1H3,(H,24,27)(H,25,26). The zero-order valence-corrected chi connectivity index (χ0v) is 17.3. The van der Waals surface area contributed by atoms with Crippen LogP contribution in [-0.4, -0.2) is 18.9 Å². The number of methoxy groups -OCH3 is 1. The Kier molecular flexibility index (Phi) is 5.99. The summed E-state index contributed by atoms with van der Waals surface area (Å²) >= 11 is 1.28. The molecule has 2 N–H and O–H groups in total. The second-order valence-corrected chi connectivity index (χ2v) is 8.09. The van der Waals surface area contributed by atoms with Gasteiger partial charge < -0.3 is 20.1 Å². The molecule has 0 atom stereocenters. The second-order valence-electron chi connectivity index (χ2n) is 7.01. The highest BCUT2D eigenvalue weighted by Gasteiger charge is 2.29. The van der Waals surface area contributed by atoms with E-state index in [2.05, 4.69) is 10.6 Å². The van der Waals surface area contributed by atoms with Crippen LogP contribution in [0.25, 0.3) is 0 Å². The van der Waals surface area contributed by atoms with Gasteiger partial charge in [-0.05, 0) is 54.8 Å². The van der Waals surface area contributed by atoms with Gasteiger partial charge in [0.1, 0.15) is 5.75 Å². The maximum atomic E-state index is 12.4. The Labute approximate surface area is 178 Å². The third kappa shape index (κ3) is 4.99. The maximum absolute atomic E-state index is 12.4. The third-order valence-corrected chi connectivity index (χ3v) is 5.70. The van der Waals surface area contributed by atoms with Crippen molar-refractivity contribution in [3.63, 3.8) is 0 Å². The van der Waals surface area contributed by atoms with Crippen LogP contribution in [0.4, 0.5) is 5.00 Å². The molecule has 1 aliphatic carbocycles. The van der Waals surface area contributed by atoms with E-state index >= 15 is 0 Å². The van der Waals surface area contributed by atoms with Gasteiger partial charge >= 0.3 is 0 Å². The first kappa shape index (κ1) is 20.0. The van der Waals surface area contributed by atoms with Gasteiger partial charge in [0.2, 0.25) is 5.91 Å². The fourth-order valence-electron chi connectivity index (χ4n) is 2.87. The molecule has 2 amide bonds. The van der Waals surface area contributed by atoms with E-state index in [-0.39, 0.29) is 17.7 Å². The molecule has 7 heteroatoms. The van der Waals surface area contributed by atoms with Gasteiger partial charge in [0.25, 0.3) is 5.91 Å². The van der Waals surface area contributed by atoms with Crippen molar-refractivity contribution >= 4 is 28.2 Å². The fourth-order valence-corrected chi connectivity index (χ4v) is 3.70. The van der Waals surface area contributed by atoms with E-state index < -0.39 is 0 Å². The predicted molar refractivity (Wildman–Crippen MR) is 116 cm³/mol. The van der Waals surface area contributed by atoms with Crippen molar-refractivity contribution < 1.29 is 19.1 Å². The van der Waals surface area contributed by atoms with Crippen LogP contribution in [0.5, 0.6) is 17.2 Å². The number of carbonyl (C=O) groups excluding carboxylic acids is 2. The molecule has 154 valence electrons. The second kappa shape index (κ2) is 9.00. The number of hydrogen-bond acceptors (Lipinski definition) is 5. The summed E-state index contributed by atoms with van der Waals surface area (Å²) in [6.45, 7) is 0.398. The molecule has 1 saturated carbocycles. The van der Waals surface area contributed by atoms with Gasteiger partial charge in [-0.1, -0.05) is 24.3 Å². The first-order valence-corrected chi connectivity index (χ1v) is 10.5. The van der Waals surface area contributed by atoms with Crippen molar-refractivity contribution in [2.75, 3.05) is 12.4 Å². The van der Waals surface area contributed by atoms with Gasteiger partial charge in [-0.3, -0.25) is 9.59 Å². The Bertz CT molecular complexity index is 1040. The Morgan fingerprint density at radius 1 is 1.00 bits per heavy atom. The summed E-state index contributed by atoms with van der Waals surface area (Å²) in [7, 11) is 1.60. The number of ether oxygens (including phenoxy) is 2. The third-order valence-electron chi connectivity index (χ3n) is 4.70. The van der Waals surface area contributed by atoms with Gasteiger partial charge in [-0.25, -0.2) is 0 Å². The van der Waals surface area contributed by atoms with E-state index in [4.69, 9.17) is 9.47 Å². The summed E-state index contributed by atoms with van der Waals surface area (Å²) in [6.07, 6.45) is 1.90. The number of anilines is 1. The molecule has 1 fully saturated rings. The van der Waals surface area contributed by atoms with E-state index in [0.29, 0.717) is 33.7 Å². The monoisotopic (exact) mass is 422 g/mol. The molecule has 0 saturated heterocycles. The van der Waals surface area contributed by atoms with Crippen LogP contribution < -0.4 is 20.1 Å². The van der Waals surface area contributed by atoms with Crippen molar-refractivity contribution in [3.8, 4) is 17.2 Å². The highest BCUT2D eigenvalue weighted by atomic mass is 32.1. The lowest BCUT2D eigenvalue weighted by Crippen LogP contribution is -2.21. The SMILES string of the molecule is COc1ccccc1Oc1ccc(CNC(=O)c2ccc(NC(=O)C3CC3)s2)cc1. The normalized spacial score (nSPS) is 12.8. The summed E-state index contributed by atoms with van der Waals surface area (Å²) in [5, 5.41) is 6.47. The van der Waals surface area contributed by atoms with E-state index in [9.17, 15) is 9.59 Å². The van der Waals surface area contributed by atoms with E-state index in [1.54, 1.807) is 19.2 Å². The van der Waals surface area contributed by atoms with Crippen molar-refractivity contribution in [3.05, 3.63) is 71.1 Å². The zero-order valence-electron chi connectivity index (χ0n) is 16.5. The highest BCUT2D eigenvalue weighted by molar-refractivity contribution is 7.18. The topological polar surface area (TPSA) is 76.7 Å². The predicted octanol–water partition coefficient (Wildman–Crippen LogP) is 4.83. The molecule has 0 unspecified atom stereocenters. The van der Waals surface area contributed by atoms with Gasteiger partial charge in [-0.2, -0.15) is 0 Å². The number of hydrogen-bond donors (Lipinski definition) is 2. The molecule has 1 aromatic heterocycles. The summed E-state index contributed by atoms with van der Waals surface area (Å²) in [4.78, 5) is 24.8. The fraction of sp³-hybridized carbons (Fsp3) is 0.217. The average molecular weight is 423 g/mol. The minimum Gasteiger partial charge on any atom is -0.493 e. The van der Waals surface area contributed by atoms with Crippen LogP contribution in [0, 0.1) is 5.92 Å². The molecular formula is C23H22N2O4S. The van der Waals surface area contributed by atoms with Crippen LogP contribution >= 0.6 is 11.3 Å². The minimum atomic E-state index is -0.165. The maximum Gasteiger partial charge on any atom is 0.261 e. The molecule has 0 spiro atoms. The molecule has 2 aromatic carbocycles. The van der Waals surface area contributed by atoms with E-state index in [0.717, 1.165) is 18.4 Å². The van der Waals surface area contributed by atoms with Gasteiger partial charge in [0.05, 0.1) is 17.0 Å². The summed E-state index contributed by atoms with van der Waals surface area (Å²) in [5.74, 6) is 2.00. The highest BCUT2D eigenvalue weighted by Crippen LogP contribution is 2.32. The molecule has 0 aliphatic heterocycles. The van der Waals surface area contributed by atoms with E-state index in [1.807, 2.05) is 48.5 Å². The smallest absolute Gasteiger partial charge is 0.261 e. The lowest BCUT2D eigenvalue weighted by Gasteiger charge is -2.10. The van der Waals surface area contributed by atoms with E-state index in [1.165, 1.54) is 11.3 Å². The number of benzene rings is 2. The lowest BCUT2D eigenvalue weighted by atomic mass is 10.2. The quantitative estimate of drug-likeness (QED) is 0.545. The average Bonchev–Trinajstić information content (AvgIpc) is 3.53. The van der Waals surface area contributed by atoms with Crippen molar-refractivity contribution in [1.82, 2.24) is 5.32 Å². The number of rotatable bonds is 8. The van der Waals surface area contributed by atoms with Gasteiger partial charge in [-0.15, -0.1) is 11.3 Å². The lowest BCUT2D eigenvalue weighted by molar-refractivity contribution is -0.117. The molecule has 0 radical (unpaired) electrons.